The van der Waals surface area contributed by atoms with Crippen molar-refractivity contribution >= 4 is 11.8 Å². The van der Waals surface area contributed by atoms with Gasteiger partial charge in [0.15, 0.2) is 0 Å². The molecule has 0 unspecified atom stereocenters. The largest absolute Gasteiger partial charge is 0.497 e. The minimum absolute atomic E-state index is 0.0256. The minimum Gasteiger partial charge on any atom is -0.497 e. The summed E-state index contributed by atoms with van der Waals surface area (Å²) in [6.45, 7) is 1.49. The normalized spacial score (nSPS) is 24.9. The number of rotatable bonds is 2. The highest BCUT2D eigenvalue weighted by Gasteiger charge is 2.39. The number of hydrogen-bond donors (Lipinski definition) is 1. The first kappa shape index (κ1) is 16.8. The molecule has 0 aromatic heterocycles. The second-order valence-corrected chi connectivity index (χ2v) is 6.68. The van der Waals surface area contributed by atoms with E-state index in [-0.39, 0.29) is 23.8 Å². The fourth-order valence-corrected chi connectivity index (χ4v) is 3.86. The second-order valence-electron chi connectivity index (χ2n) is 6.68. The standard InChI is InChI=1S/C19H26N2O3/c1-24-15-10-8-14(9-11-15)19(23)21-13-4-2-3-12-20-18(22)16-6-5-7-17(16)21/h8-11,16-17H,2-7,12-13H2,1H3,(H,20,22)/t16-,17+/m1/s1. The number of nitrogens with one attached hydrogen (secondary N) is 1. The van der Waals surface area contributed by atoms with Gasteiger partial charge in [-0.05, 0) is 56.4 Å². The summed E-state index contributed by atoms with van der Waals surface area (Å²) in [5, 5.41) is 3.04. The van der Waals surface area contributed by atoms with Gasteiger partial charge in [0.1, 0.15) is 5.75 Å². The lowest BCUT2D eigenvalue weighted by molar-refractivity contribution is -0.126. The number of carbonyl (C=O) groups is 2. The van der Waals surface area contributed by atoms with E-state index in [1.807, 2.05) is 29.2 Å². The fraction of sp³-hybridized carbons (Fsp3) is 0.579. The third-order valence-electron chi connectivity index (χ3n) is 5.19. The molecule has 24 heavy (non-hydrogen) atoms. The summed E-state index contributed by atoms with van der Waals surface area (Å²) in [7, 11) is 1.61. The molecule has 2 atom stereocenters. The van der Waals surface area contributed by atoms with Crippen LogP contribution in [0.3, 0.4) is 0 Å². The molecule has 1 aliphatic heterocycles. The zero-order valence-corrected chi connectivity index (χ0v) is 14.3. The zero-order chi connectivity index (χ0) is 16.9. The third kappa shape index (κ3) is 3.55. The van der Waals surface area contributed by atoms with Crippen molar-refractivity contribution < 1.29 is 14.3 Å². The Kier molecular flexibility index (Phi) is 5.38. The molecule has 0 radical (unpaired) electrons. The van der Waals surface area contributed by atoms with Crippen molar-refractivity contribution in [3.05, 3.63) is 29.8 Å². The van der Waals surface area contributed by atoms with Crippen LogP contribution in [0.15, 0.2) is 24.3 Å². The molecule has 1 aromatic rings. The molecular formula is C19H26N2O3. The highest BCUT2D eigenvalue weighted by atomic mass is 16.5. The summed E-state index contributed by atoms with van der Waals surface area (Å²) in [6, 6.07) is 7.27. The lowest BCUT2D eigenvalue weighted by Crippen LogP contribution is -2.48. The van der Waals surface area contributed by atoms with Crippen molar-refractivity contribution in [2.45, 2.75) is 44.6 Å². The summed E-state index contributed by atoms with van der Waals surface area (Å²) < 4.78 is 5.17. The van der Waals surface area contributed by atoms with Gasteiger partial charge in [-0.25, -0.2) is 0 Å². The topological polar surface area (TPSA) is 58.6 Å². The Morgan fingerprint density at radius 3 is 2.67 bits per heavy atom. The summed E-state index contributed by atoms with van der Waals surface area (Å²) >= 11 is 0. The fourth-order valence-electron chi connectivity index (χ4n) is 3.86. The zero-order valence-electron chi connectivity index (χ0n) is 14.3. The molecule has 2 aliphatic rings. The molecule has 5 heteroatoms. The summed E-state index contributed by atoms with van der Waals surface area (Å²) in [5.41, 5.74) is 0.666. The molecule has 5 nitrogen and oxygen atoms in total. The second kappa shape index (κ2) is 7.69. The van der Waals surface area contributed by atoms with E-state index < -0.39 is 0 Å². The molecule has 0 spiro atoms. The average Bonchev–Trinajstić information content (AvgIpc) is 3.10. The lowest BCUT2D eigenvalue weighted by Gasteiger charge is -2.33. The van der Waals surface area contributed by atoms with E-state index >= 15 is 0 Å². The maximum absolute atomic E-state index is 13.1. The molecule has 2 fully saturated rings. The average molecular weight is 330 g/mol. The monoisotopic (exact) mass is 330 g/mol. The van der Waals surface area contributed by atoms with Gasteiger partial charge >= 0.3 is 0 Å². The Balaban J connectivity index is 1.83. The summed E-state index contributed by atoms with van der Waals surface area (Å²) in [5.74, 6) is 0.825. The first-order valence-corrected chi connectivity index (χ1v) is 8.93. The molecular weight excluding hydrogens is 304 g/mol. The molecule has 1 aliphatic carbocycles. The first-order chi connectivity index (χ1) is 11.7. The van der Waals surface area contributed by atoms with E-state index in [0.717, 1.165) is 57.4 Å². The predicted molar refractivity (Wildman–Crippen MR) is 92.0 cm³/mol. The summed E-state index contributed by atoms with van der Waals surface area (Å²) in [6.07, 6.45) is 5.80. The van der Waals surface area contributed by atoms with Gasteiger partial charge in [-0.2, -0.15) is 0 Å². The number of fused-ring (bicyclic) bond motifs is 1. The predicted octanol–water partition coefficient (Wildman–Crippen LogP) is 2.61. The van der Waals surface area contributed by atoms with Gasteiger partial charge in [-0.15, -0.1) is 0 Å². The molecule has 1 saturated carbocycles. The number of amides is 2. The van der Waals surface area contributed by atoms with Crippen molar-refractivity contribution in [1.82, 2.24) is 10.2 Å². The van der Waals surface area contributed by atoms with Crippen LogP contribution in [0.5, 0.6) is 5.75 Å². The highest BCUT2D eigenvalue weighted by Crippen LogP contribution is 2.32. The van der Waals surface area contributed by atoms with Crippen LogP contribution in [-0.4, -0.2) is 43.0 Å². The quantitative estimate of drug-likeness (QED) is 0.907. The van der Waals surface area contributed by atoms with Gasteiger partial charge in [-0.1, -0.05) is 6.42 Å². The highest BCUT2D eigenvalue weighted by molar-refractivity contribution is 5.95. The number of nitrogens with zero attached hydrogens (tertiary/aromatic N) is 1. The Hall–Kier alpha value is -2.04. The van der Waals surface area contributed by atoms with Crippen LogP contribution in [0.25, 0.3) is 0 Å². The maximum atomic E-state index is 13.1. The van der Waals surface area contributed by atoms with Crippen molar-refractivity contribution in [2.24, 2.45) is 5.92 Å². The van der Waals surface area contributed by atoms with E-state index in [1.165, 1.54) is 0 Å². The maximum Gasteiger partial charge on any atom is 0.254 e. The van der Waals surface area contributed by atoms with Gasteiger partial charge < -0.3 is 15.0 Å². The van der Waals surface area contributed by atoms with Crippen LogP contribution in [0.1, 0.15) is 48.9 Å². The number of carbonyl (C=O) groups excluding carboxylic acids is 2. The number of ether oxygens (including phenoxy) is 1. The van der Waals surface area contributed by atoms with Gasteiger partial charge in [0.25, 0.3) is 5.91 Å². The smallest absolute Gasteiger partial charge is 0.254 e. The van der Waals surface area contributed by atoms with E-state index in [2.05, 4.69) is 5.32 Å². The molecule has 1 aromatic carbocycles. The van der Waals surface area contributed by atoms with Crippen LogP contribution < -0.4 is 10.1 Å². The first-order valence-electron chi connectivity index (χ1n) is 8.93. The van der Waals surface area contributed by atoms with E-state index in [1.54, 1.807) is 7.11 Å². The summed E-state index contributed by atoms with van der Waals surface area (Å²) in [4.78, 5) is 27.5. The van der Waals surface area contributed by atoms with Crippen LogP contribution in [-0.2, 0) is 4.79 Å². The molecule has 130 valence electrons. The molecule has 1 saturated heterocycles. The van der Waals surface area contributed by atoms with Crippen molar-refractivity contribution in [3.8, 4) is 5.75 Å². The molecule has 0 bridgehead atoms. The van der Waals surface area contributed by atoms with Crippen molar-refractivity contribution in [3.63, 3.8) is 0 Å². The Bertz CT molecular complexity index is 585. The van der Waals surface area contributed by atoms with E-state index in [9.17, 15) is 9.59 Å². The molecule has 1 heterocycles. The van der Waals surface area contributed by atoms with Crippen molar-refractivity contribution in [1.29, 1.82) is 0 Å². The van der Waals surface area contributed by atoms with Crippen LogP contribution in [0.4, 0.5) is 0 Å². The van der Waals surface area contributed by atoms with Crippen LogP contribution >= 0.6 is 0 Å². The minimum atomic E-state index is -0.0645. The number of hydrogen-bond acceptors (Lipinski definition) is 3. The molecule has 2 amide bonds. The Labute approximate surface area is 143 Å². The van der Waals surface area contributed by atoms with Crippen LogP contribution in [0.2, 0.25) is 0 Å². The number of methoxy groups -OCH3 is 1. The van der Waals surface area contributed by atoms with Gasteiger partial charge in [0.05, 0.1) is 13.0 Å². The van der Waals surface area contributed by atoms with E-state index in [4.69, 9.17) is 4.74 Å². The molecule has 3 rings (SSSR count). The van der Waals surface area contributed by atoms with E-state index in [0.29, 0.717) is 5.56 Å². The van der Waals surface area contributed by atoms with Gasteiger partial charge in [-0.3, -0.25) is 9.59 Å². The molecule has 1 N–H and O–H groups in total. The van der Waals surface area contributed by atoms with Gasteiger partial charge in [0.2, 0.25) is 5.91 Å². The third-order valence-corrected chi connectivity index (χ3v) is 5.19. The van der Waals surface area contributed by atoms with Crippen molar-refractivity contribution in [2.75, 3.05) is 20.2 Å². The SMILES string of the molecule is COc1ccc(C(=O)N2CCCCCNC(=O)[C@@H]3CCC[C@@H]32)cc1. The van der Waals surface area contributed by atoms with Crippen LogP contribution in [0, 0.1) is 5.92 Å². The lowest BCUT2D eigenvalue weighted by atomic mass is 9.98. The number of benzene rings is 1. The van der Waals surface area contributed by atoms with Gasteiger partial charge in [0, 0.05) is 24.7 Å². The Morgan fingerprint density at radius 2 is 1.92 bits per heavy atom. The Morgan fingerprint density at radius 1 is 1.12 bits per heavy atom.